The SMILES string of the molecule is CC(=O)Nc1ccc(Nc2nccc(-c3cnn(C4(CC#N)CN(S(=O)(=O)C5CC5)C4)c3)n2)cc1. The van der Waals surface area contributed by atoms with Crippen molar-refractivity contribution in [2.45, 2.75) is 37.0 Å². The molecule has 1 amide bonds. The Labute approximate surface area is 202 Å². The molecular formula is C23H24N8O3S. The fourth-order valence-electron chi connectivity index (χ4n) is 4.12. The number of nitriles is 1. The summed E-state index contributed by atoms with van der Waals surface area (Å²) >= 11 is 0. The molecule has 0 radical (unpaired) electrons. The molecule has 11 nitrogen and oxygen atoms in total. The molecule has 0 atom stereocenters. The Kier molecular flexibility index (Phi) is 5.74. The lowest BCUT2D eigenvalue weighted by atomic mass is 9.89. The van der Waals surface area contributed by atoms with Crippen LogP contribution >= 0.6 is 0 Å². The number of sulfonamides is 1. The van der Waals surface area contributed by atoms with Crippen molar-refractivity contribution in [3.63, 3.8) is 0 Å². The summed E-state index contributed by atoms with van der Waals surface area (Å²) in [5.74, 6) is 0.248. The molecule has 5 rings (SSSR count). The molecule has 2 fully saturated rings. The molecule has 1 aliphatic carbocycles. The molecule has 0 unspecified atom stereocenters. The smallest absolute Gasteiger partial charge is 0.227 e. The van der Waals surface area contributed by atoms with E-state index in [0.717, 1.165) is 11.3 Å². The molecule has 2 aromatic heterocycles. The summed E-state index contributed by atoms with van der Waals surface area (Å²) in [6.45, 7) is 1.93. The second-order valence-corrected chi connectivity index (χ2v) is 11.1. The average Bonchev–Trinajstić information content (AvgIpc) is 3.55. The highest BCUT2D eigenvalue weighted by Crippen LogP contribution is 2.40. The molecule has 1 saturated carbocycles. The van der Waals surface area contributed by atoms with Gasteiger partial charge in [-0.1, -0.05) is 0 Å². The van der Waals surface area contributed by atoms with Crippen LogP contribution in [0.2, 0.25) is 0 Å². The van der Waals surface area contributed by atoms with Gasteiger partial charge in [-0.05, 0) is 43.2 Å². The molecule has 1 aliphatic heterocycles. The van der Waals surface area contributed by atoms with Gasteiger partial charge in [-0.25, -0.2) is 18.4 Å². The zero-order chi connectivity index (χ0) is 24.6. The largest absolute Gasteiger partial charge is 0.326 e. The van der Waals surface area contributed by atoms with Crippen LogP contribution in [0.4, 0.5) is 17.3 Å². The van der Waals surface area contributed by atoms with Crippen molar-refractivity contribution >= 4 is 33.3 Å². The van der Waals surface area contributed by atoms with Gasteiger partial charge in [0.25, 0.3) is 0 Å². The van der Waals surface area contributed by atoms with Crippen LogP contribution in [0.25, 0.3) is 11.3 Å². The summed E-state index contributed by atoms with van der Waals surface area (Å²) in [6, 6.07) is 11.1. The first-order valence-corrected chi connectivity index (χ1v) is 12.7. The van der Waals surface area contributed by atoms with E-state index in [1.54, 1.807) is 41.5 Å². The maximum absolute atomic E-state index is 12.5. The van der Waals surface area contributed by atoms with Gasteiger partial charge in [0.15, 0.2) is 0 Å². The highest BCUT2D eigenvalue weighted by Gasteiger charge is 2.53. The molecule has 2 aliphatic rings. The Morgan fingerprint density at radius 1 is 1.20 bits per heavy atom. The van der Waals surface area contributed by atoms with E-state index in [4.69, 9.17) is 0 Å². The van der Waals surface area contributed by atoms with Crippen molar-refractivity contribution in [1.29, 1.82) is 5.26 Å². The standard InChI is InChI=1S/C23H24N8O3S/c1-16(32)27-18-2-4-19(5-3-18)28-22-25-11-8-21(29-22)17-12-26-31(13-17)23(9-10-24)14-30(15-23)35(33,34)20-6-7-20/h2-5,8,11-13,20H,6-7,9,14-15H2,1H3,(H,27,32)(H,25,28,29). The Morgan fingerprint density at radius 3 is 2.57 bits per heavy atom. The molecule has 180 valence electrons. The minimum atomic E-state index is -3.28. The zero-order valence-electron chi connectivity index (χ0n) is 19.0. The lowest BCUT2D eigenvalue weighted by molar-refractivity contribution is -0.114. The van der Waals surface area contributed by atoms with Gasteiger partial charge in [-0.3, -0.25) is 9.48 Å². The predicted molar refractivity (Wildman–Crippen MR) is 129 cm³/mol. The molecule has 3 aromatic rings. The number of benzene rings is 1. The van der Waals surface area contributed by atoms with E-state index in [-0.39, 0.29) is 30.7 Å². The number of nitrogens with zero attached hydrogens (tertiary/aromatic N) is 6. The van der Waals surface area contributed by atoms with E-state index in [2.05, 4.69) is 31.8 Å². The number of hydrogen-bond donors (Lipinski definition) is 2. The summed E-state index contributed by atoms with van der Waals surface area (Å²) in [4.78, 5) is 20.0. The van der Waals surface area contributed by atoms with Crippen LogP contribution in [0.1, 0.15) is 26.2 Å². The monoisotopic (exact) mass is 492 g/mol. The summed E-state index contributed by atoms with van der Waals surface area (Å²) in [6.07, 6.45) is 6.67. The van der Waals surface area contributed by atoms with Crippen LogP contribution < -0.4 is 10.6 Å². The Bertz CT molecular complexity index is 1400. The third-order valence-corrected chi connectivity index (χ3v) is 8.43. The fourth-order valence-corrected chi connectivity index (χ4v) is 6.11. The van der Waals surface area contributed by atoms with Crippen LogP contribution in [0.15, 0.2) is 48.9 Å². The Morgan fingerprint density at radius 2 is 1.91 bits per heavy atom. The first kappa shape index (κ1) is 22.9. The van der Waals surface area contributed by atoms with Gasteiger partial charge < -0.3 is 10.6 Å². The van der Waals surface area contributed by atoms with E-state index in [9.17, 15) is 18.5 Å². The first-order chi connectivity index (χ1) is 16.8. The minimum absolute atomic E-state index is 0.141. The van der Waals surface area contributed by atoms with E-state index in [1.807, 2.05) is 12.1 Å². The molecule has 0 bridgehead atoms. The van der Waals surface area contributed by atoms with Gasteiger partial charge >= 0.3 is 0 Å². The van der Waals surface area contributed by atoms with Gasteiger partial charge in [-0.15, -0.1) is 0 Å². The Balaban J connectivity index is 1.32. The zero-order valence-corrected chi connectivity index (χ0v) is 19.9. The maximum atomic E-state index is 12.5. The minimum Gasteiger partial charge on any atom is -0.326 e. The van der Waals surface area contributed by atoms with Crippen LogP contribution in [-0.4, -0.2) is 56.7 Å². The number of nitrogens with one attached hydrogen (secondary N) is 2. The number of carbonyl (C=O) groups is 1. The molecule has 1 aromatic carbocycles. The van der Waals surface area contributed by atoms with Crippen molar-refractivity contribution < 1.29 is 13.2 Å². The predicted octanol–water partition coefficient (Wildman–Crippen LogP) is 2.46. The quantitative estimate of drug-likeness (QED) is 0.488. The van der Waals surface area contributed by atoms with E-state index in [0.29, 0.717) is 30.2 Å². The van der Waals surface area contributed by atoms with E-state index >= 15 is 0 Å². The van der Waals surface area contributed by atoms with Crippen molar-refractivity contribution in [2.24, 2.45) is 0 Å². The van der Waals surface area contributed by atoms with Crippen LogP contribution in [-0.2, 0) is 20.4 Å². The fraction of sp³-hybridized carbons (Fsp3) is 0.348. The third kappa shape index (κ3) is 4.60. The molecule has 1 saturated heterocycles. The second kappa shape index (κ2) is 8.75. The molecule has 35 heavy (non-hydrogen) atoms. The normalized spacial score (nSPS) is 17.3. The van der Waals surface area contributed by atoms with Gasteiger partial charge in [0.2, 0.25) is 21.9 Å². The highest BCUT2D eigenvalue weighted by molar-refractivity contribution is 7.90. The van der Waals surface area contributed by atoms with Crippen LogP contribution in [0.5, 0.6) is 0 Å². The highest BCUT2D eigenvalue weighted by atomic mass is 32.2. The van der Waals surface area contributed by atoms with Crippen LogP contribution in [0.3, 0.4) is 0 Å². The molecule has 2 N–H and O–H groups in total. The number of hydrogen-bond acceptors (Lipinski definition) is 8. The van der Waals surface area contributed by atoms with E-state index < -0.39 is 15.6 Å². The number of aromatic nitrogens is 4. The average molecular weight is 493 g/mol. The number of rotatable bonds is 8. The van der Waals surface area contributed by atoms with Gasteiger partial charge in [0.05, 0.1) is 29.6 Å². The first-order valence-electron chi connectivity index (χ1n) is 11.2. The van der Waals surface area contributed by atoms with Crippen molar-refractivity contribution in [1.82, 2.24) is 24.1 Å². The van der Waals surface area contributed by atoms with Crippen molar-refractivity contribution in [3.05, 3.63) is 48.9 Å². The van der Waals surface area contributed by atoms with Crippen molar-refractivity contribution in [2.75, 3.05) is 23.7 Å². The number of carbonyl (C=O) groups excluding carboxylic acids is 1. The maximum Gasteiger partial charge on any atom is 0.227 e. The van der Waals surface area contributed by atoms with Crippen molar-refractivity contribution in [3.8, 4) is 17.3 Å². The molecule has 12 heteroatoms. The lowest BCUT2D eigenvalue weighted by Crippen LogP contribution is -2.64. The third-order valence-electron chi connectivity index (χ3n) is 6.14. The summed E-state index contributed by atoms with van der Waals surface area (Å²) < 4.78 is 28.3. The molecule has 0 spiro atoms. The topological polar surface area (TPSA) is 146 Å². The molecule has 3 heterocycles. The van der Waals surface area contributed by atoms with Gasteiger partial charge in [0, 0.05) is 49.3 Å². The van der Waals surface area contributed by atoms with E-state index in [1.165, 1.54) is 11.2 Å². The van der Waals surface area contributed by atoms with Gasteiger partial charge in [-0.2, -0.15) is 14.7 Å². The van der Waals surface area contributed by atoms with Crippen LogP contribution in [0, 0.1) is 11.3 Å². The summed E-state index contributed by atoms with van der Waals surface area (Å²) in [7, 11) is -3.28. The summed E-state index contributed by atoms with van der Waals surface area (Å²) in [5.41, 5.74) is 2.13. The second-order valence-electron chi connectivity index (χ2n) is 8.89. The van der Waals surface area contributed by atoms with Gasteiger partial charge in [0.1, 0.15) is 5.54 Å². The lowest BCUT2D eigenvalue weighted by Gasteiger charge is -2.48. The number of anilines is 3. The number of amides is 1. The summed E-state index contributed by atoms with van der Waals surface area (Å²) in [5, 5.41) is 19.4. The molecular weight excluding hydrogens is 468 g/mol. The Hall–Kier alpha value is -3.82.